The Labute approximate surface area is 223 Å². The Morgan fingerprint density at radius 1 is 1.17 bits per heavy atom. The second-order valence-corrected chi connectivity index (χ2v) is 10.8. The number of anilines is 1. The van der Waals surface area contributed by atoms with E-state index in [1.54, 1.807) is 38.3 Å². The average Bonchev–Trinajstić information content (AvgIpc) is 3.35. The lowest BCUT2D eigenvalue weighted by Crippen LogP contribution is -2.36. The second kappa shape index (κ2) is 11.4. The van der Waals surface area contributed by atoms with Gasteiger partial charge in [-0.25, -0.2) is 4.79 Å². The molecule has 36 heavy (non-hydrogen) atoms. The Bertz CT molecular complexity index is 1250. The topological polar surface area (TPSA) is 94.2 Å². The zero-order chi connectivity index (χ0) is 25.8. The molecular weight excluding hydrogens is 520 g/mol. The molecule has 1 N–H and O–H groups in total. The molecule has 0 bridgehead atoms. The van der Waals surface area contributed by atoms with Crippen molar-refractivity contribution in [3.63, 3.8) is 0 Å². The molecule has 0 saturated carbocycles. The van der Waals surface area contributed by atoms with Crippen molar-refractivity contribution in [2.75, 3.05) is 32.7 Å². The highest BCUT2D eigenvalue weighted by Gasteiger charge is 2.34. The van der Waals surface area contributed by atoms with Crippen LogP contribution in [0.2, 0.25) is 0 Å². The molecule has 1 aromatic heterocycles. The maximum atomic E-state index is 13.0. The largest absolute Gasteiger partial charge is 0.493 e. The van der Waals surface area contributed by atoms with E-state index in [4.69, 9.17) is 26.4 Å². The van der Waals surface area contributed by atoms with Gasteiger partial charge < -0.3 is 19.5 Å². The third-order valence-electron chi connectivity index (χ3n) is 5.78. The van der Waals surface area contributed by atoms with Crippen molar-refractivity contribution in [2.24, 2.45) is 0 Å². The van der Waals surface area contributed by atoms with E-state index in [1.807, 2.05) is 0 Å². The van der Waals surface area contributed by atoms with Gasteiger partial charge in [-0.05, 0) is 61.9 Å². The predicted octanol–water partition coefficient (Wildman–Crippen LogP) is 4.66. The molecule has 2 heterocycles. The minimum Gasteiger partial charge on any atom is -0.493 e. The Balaban J connectivity index is 1.50. The number of esters is 1. The van der Waals surface area contributed by atoms with Crippen LogP contribution in [0.1, 0.15) is 46.1 Å². The number of carbonyl (C=O) groups is 3. The molecule has 1 aromatic carbocycles. The minimum absolute atomic E-state index is 0.250. The van der Waals surface area contributed by atoms with Crippen LogP contribution >= 0.6 is 35.3 Å². The summed E-state index contributed by atoms with van der Waals surface area (Å²) >= 11 is 7.92. The predicted molar refractivity (Wildman–Crippen MR) is 145 cm³/mol. The summed E-state index contributed by atoms with van der Waals surface area (Å²) in [5.41, 5.74) is 2.13. The number of nitrogens with zero attached hydrogens (tertiary/aromatic N) is 1. The number of benzene rings is 1. The molecule has 0 unspecified atom stereocenters. The molecule has 1 aliphatic heterocycles. The van der Waals surface area contributed by atoms with Crippen LogP contribution in [0, 0.1) is 0 Å². The fourth-order valence-electron chi connectivity index (χ4n) is 4.11. The fraction of sp³-hybridized carbons (Fsp3) is 0.360. The molecular formula is C25H26N2O6S3. The van der Waals surface area contributed by atoms with E-state index in [0.29, 0.717) is 27.0 Å². The van der Waals surface area contributed by atoms with Crippen molar-refractivity contribution in [1.82, 2.24) is 4.90 Å². The van der Waals surface area contributed by atoms with Gasteiger partial charge in [0.15, 0.2) is 11.5 Å². The molecule has 0 atom stereocenters. The van der Waals surface area contributed by atoms with E-state index in [0.717, 1.165) is 53.4 Å². The number of thiocarbonyl (C=S) groups is 1. The van der Waals surface area contributed by atoms with E-state index in [9.17, 15) is 14.4 Å². The van der Waals surface area contributed by atoms with E-state index in [-0.39, 0.29) is 23.4 Å². The van der Waals surface area contributed by atoms with E-state index < -0.39 is 11.9 Å². The van der Waals surface area contributed by atoms with E-state index in [2.05, 4.69) is 5.32 Å². The van der Waals surface area contributed by atoms with Gasteiger partial charge in [0.05, 0.1) is 31.3 Å². The van der Waals surface area contributed by atoms with Gasteiger partial charge >= 0.3 is 5.97 Å². The van der Waals surface area contributed by atoms with Crippen molar-refractivity contribution in [3.05, 3.63) is 44.7 Å². The highest BCUT2D eigenvalue weighted by atomic mass is 32.2. The van der Waals surface area contributed by atoms with Gasteiger partial charge in [-0.15, -0.1) is 11.3 Å². The summed E-state index contributed by atoms with van der Waals surface area (Å²) in [6.07, 6.45) is 5.40. The zero-order valence-electron chi connectivity index (χ0n) is 20.2. The molecule has 1 aliphatic carbocycles. The number of thiophene rings is 1. The number of rotatable bonds is 8. The number of nitrogens with one attached hydrogen (secondary N) is 1. The van der Waals surface area contributed by atoms with E-state index >= 15 is 0 Å². The Kier molecular flexibility index (Phi) is 8.32. The van der Waals surface area contributed by atoms with Gasteiger partial charge in [0.1, 0.15) is 15.9 Å². The first-order valence-electron chi connectivity index (χ1n) is 11.4. The van der Waals surface area contributed by atoms with Crippen molar-refractivity contribution < 1.29 is 28.6 Å². The van der Waals surface area contributed by atoms with Crippen LogP contribution in [0.15, 0.2) is 23.1 Å². The van der Waals surface area contributed by atoms with Gasteiger partial charge in [0, 0.05) is 4.88 Å². The van der Waals surface area contributed by atoms with Crippen LogP contribution in [0.5, 0.6) is 11.5 Å². The van der Waals surface area contributed by atoms with Crippen molar-refractivity contribution in [3.8, 4) is 11.5 Å². The summed E-state index contributed by atoms with van der Waals surface area (Å²) in [6, 6.07) is 5.31. The molecule has 190 valence electrons. The van der Waals surface area contributed by atoms with Crippen molar-refractivity contribution in [1.29, 1.82) is 0 Å². The maximum absolute atomic E-state index is 13.0. The number of thioether (sulfide) groups is 1. The molecule has 0 spiro atoms. The summed E-state index contributed by atoms with van der Waals surface area (Å²) in [5.74, 6) is -0.0991. The maximum Gasteiger partial charge on any atom is 0.341 e. The van der Waals surface area contributed by atoms with E-state index in [1.165, 1.54) is 23.3 Å². The summed E-state index contributed by atoms with van der Waals surface area (Å²) in [4.78, 5) is 41.4. The molecule has 2 aromatic rings. The summed E-state index contributed by atoms with van der Waals surface area (Å²) < 4.78 is 16.1. The quantitative estimate of drug-likeness (QED) is 0.290. The number of fused-ring (bicyclic) bond motifs is 1. The SMILES string of the molecule is CCOC(=O)c1c(NC(=O)CN2C(=O)/C(=C\c3ccc(OC)c(OC)c3)SC2=S)sc2c1CCCC2. The summed E-state index contributed by atoms with van der Waals surface area (Å²) in [5, 5.41) is 3.30. The first kappa shape index (κ1) is 26.2. The molecule has 4 rings (SSSR count). The van der Waals surface area contributed by atoms with Crippen LogP contribution in [-0.4, -0.2) is 54.4 Å². The second-order valence-electron chi connectivity index (χ2n) is 8.07. The van der Waals surface area contributed by atoms with Gasteiger partial charge in [0.25, 0.3) is 5.91 Å². The third kappa shape index (κ3) is 5.42. The first-order valence-corrected chi connectivity index (χ1v) is 13.5. The van der Waals surface area contributed by atoms with Gasteiger partial charge in [-0.2, -0.15) is 0 Å². The number of aryl methyl sites for hydroxylation is 1. The van der Waals surface area contributed by atoms with Crippen LogP contribution in [0.4, 0.5) is 5.00 Å². The Morgan fingerprint density at radius 3 is 2.64 bits per heavy atom. The number of carbonyl (C=O) groups excluding carboxylic acids is 3. The molecule has 8 nitrogen and oxygen atoms in total. The molecule has 2 aliphatic rings. The first-order chi connectivity index (χ1) is 17.4. The number of hydrogen-bond acceptors (Lipinski definition) is 9. The lowest BCUT2D eigenvalue weighted by molar-refractivity contribution is -0.126. The Morgan fingerprint density at radius 2 is 1.92 bits per heavy atom. The summed E-state index contributed by atoms with van der Waals surface area (Å²) in [7, 11) is 3.09. The normalized spacial score (nSPS) is 16.2. The Hall–Kier alpha value is -2.89. The zero-order valence-corrected chi connectivity index (χ0v) is 22.6. The van der Waals surface area contributed by atoms with Crippen molar-refractivity contribution in [2.45, 2.75) is 32.6 Å². The van der Waals surface area contributed by atoms with Crippen molar-refractivity contribution >= 4 is 68.5 Å². The average molecular weight is 547 g/mol. The number of amides is 2. The van der Waals surface area contributed by atoms with Gasteiger partial charge in [0.2, 0.25) is 5.91 Å². The highest BCUT2D eigenvalue weighted by Crippen LogP contribution is 2.39. The van der Waals surface area contributed by atoms with Crippen LogP contribution < -0.4 is 14.8 Å². The lowest BCUT2D eigenvalue weighted by atomic mass is 9.95. The van der Waals surface area contributed by atoms with Crippen LogP contribution in [0.25, 0.3) is 6.08 Å². The van der Waals surface area contributed by atoms with Crippen LogP contribution in [-0.2, 0) is 27.2 Å². The lowest BCUT2D eigenvalue weighted by Gasteiger charge is -2.14. The molecule has 0 radical (unpaired) electrons. The highest BCUT2D eigenvalue weighted by molar-refractivity contribution is 8.26. The fourth-order valence-corrected chi connectivity index (χ4v) is 6.66. The molecule has 1 fully saturated rings. The third-order valence-corrected chi connectivity index (χ3v) is 8.37. The standard InChI is InChI=1S/C25H26N2O6S3/c1-4-33-24(30)21-15-7-5-6-8-18(15)35-22(21)26-20(28)13-27-23(29)19(36-25(27)34)12-14-9-10-16(31-2)17(11-14)32-3/h9-12H,4-8,13H2,1-3H3,(H,26,28)/b19-12+. The number of ether oxygens (including phenoxy) is 3. The smallest absolute Gasteiger partial charge is 0.341 e. The number of methoxy groups -OCH3 is 2. The minimum atomic E-state index is -0.435. The molecule has 1 saturated heterocycles. The van der Waals surface area contributed by atoms with Gasteiger partial charge in [-0.1, -0.05) is 30.0 Å². The summed E-state index contributed by atoms with van der Waals surface area (Å²) in [6.45, 7) is 1.75. The number of hydrogen-bond donors (Lipinski definition) is 1. The monoisotopic (exact) mass is 546 g/mol. The van der Waals surface area contributed by atoms with Crippen LogP contribution in [0.3, 0.4) is 0 Å². The molecule has 11 heteroatoms. The van der Waals surface area contributed by atoms with Gasteiger partial charge in [-0.3, -0.25) is 14.5 Å². The molecule has 2 amide bonds.